The second-order valence-corrected chi connectivity index (χ2v) is 6.52. The molecule has 126 valence electrons. The molecular weight excluding hydrogens is 321 g/mol. The van der Waals surface area contributed by atoms with Gasteiger partial charge in [0.05, 0.1) is 22.9 Å². The molecule has 0 aromatic heterocycles. The number of piperidine rings is 1. The van der Waals surface area contributed by atoms with E-state index in [1.54, 1.807) is 0 Å². The number of halogens is 3. The number of anilines is 1. The second kappa shape index (κ2) is 5.62. The summed E-state index contributed by atoms with van der Waals surface area (Å²) in [6.45, 7) is 0. The van der Waals surface area contributed by atoms with Crippen molar-refractivity contribution in [2.45, 2.75) is 44.7 Å². The molecule has 0 bridgehead atoms. The molecule has 2 fully saturated rings. The van der Waals surface area contributed by atoms with Crippen LogP contribution < -0.4 is 4.90 Å². The molecule has 0 atom stereocenters. The lowest BCUT2D eigenvalue weighted by molar-refractivity contribution is -0.138. The fourth-order valence-electron chi connectivity index (χ4n) is 3.77. The van der Waals surface area contributed by atoms with Gasteiger partial charge in [-0.25, -0.2) is 0 Å². The molecule has 1 aromatic carbocycles. The predicted molar refractivity (Wildman–Crippen MR) is 78.8 cm³/mol. The number of amides is 2. The number of alkyl halides is 3. The monoisotopic (exact) mass is 336 g/mol. The van der Waals surface area contributed by atoms with E-state index < -0.39 is 29.1 Å². The van der Waals surface area contributed by atoms with Crippen molar-refractivity contribution in [2.75, 3.05) is 4.90 Å². The molecule has 1 saturated carbocycles. The van der Waals surface area contributed by atoms with Gasteiger partial charge in [-0.3, -0.25) is 14.5 Å². The van der Waals surface area contributed by atoms with Gasteiger partial charge < -0.3 is 0 Å². The summed E-state index contributed by atoms with van der Waals surface area (Å²) in [4.78, 5) is 25.7. The summed E-state index contributed by atoms with van der Waals surface area (Å²) in [7, 11) is 0. The topological polar surface area (TPSA) is 61.2 Å². The molecule has 3 rings (SSSR count). The quantitative estimate of drug-likeness (QED) is 0.733. The van der Waals surface area contributed by atoms with E-state index in [0.717, 1.165) is 36.6 Å². The van der Waals surface area contributed by atoms with E-state index in [9.17, 15) is 22.8 Å². The van der Waals surface area contributed by atoms with E-state index in [0.29, 0.717) is 6.07 Å². The highest BCUT2D eigenvalue weighted by Gasteiger charge is 2.46. The largest absolute Gasteiger partial charge is 0.417 e. The number of imide groups is 1. The van der Waals surface area contributed by atoms with Gasteiger partial charge in [0.15, 0.2) is 0 Å². The van der Waals surface area contributed by atoms with E-state index in [1.165, 1.54) is 12.1 Å². The highest BCUT2D eigenvalue weighted by atomic mass is 19.4. The third kappa shape index (κ3) is 2.77. The number of hydrogen-bond donors (Lipinski definition) is 0. The van der Waals surface area contributed by atoms with Crippen LogP contribution in [0.15, 0.2) is 18.2 Å². The van der Waals surface area contributed by atoms with Crippen LogP contribution in [0.5, 0.6) is 0 Å². The number of carbonyl (C=O) groups excluding carboxylic acids is 2. The van der Waals surface area contributed by atoms with E-state index in [2.05, 4.69) is 0 Å². The molecule has 1 aliphatic heterocycles. The number of benzene rings is 1. The van der Waals surface area contributed by atoms with Gasteiger partial charge in [0.25, 0.3) is 0 Å². The average molecular weight is 336 g/mol. The van der Waals surface area contributed by atoms with E-state index in [1.807, 2.05) is 0 Å². The molecule has 0 N–H and O–H groups in total. The highest BCUT2D eigenvalue weighted by molar-refractivity contribution is 6.17. The lowest BCUT2D eigenvalue weighted by atomic mass is 9.76. The first-order chi connectivity index (χ1) is 11.3. The van der Waals surface area contributed by atoms with Crippen LogP contribution in [0.25, 0.3) is 0 Å². The smallest absolute Gasteiger partial charge is 0.274 e. The van der Waals surface area contributed by atoms with Crippen molar-refractivity contribution in [3.8, 4) is 6.07 Å². The van der Waals surface area contributed by atoms with Crippen molar-refractivity contribution in [1.82, 2.24) is 0 Å². The van der Waals surface area contributed by atoms with Gasteiger partial charge in [-0.2, -0.15) is 18.4 Å². The van der Waals surface area contributed by atoms with Gasteiger partial charge in [-0.05, 0) is 36.5 Å². The summed E-state index contributed by atoms with van der Waals surface area (Å²) in [5, 5.41) is 8.83. The molecule has 0 unspecified atom stereocenters. The molecule has 1 aliphatic carbocycles. The van der Waals surface area contributed by atoms with Crippen LogP contribution in [0.2, 0.25) is 0 Å². The summed E-state index contributed by atoms with van der Waals surface area (Å²) >= 11 is 0. The van der Waals surface area contributed by atoms with Gasteiger partial charge in [-0.1, -0.05) is 12.8 Å². The zero-order valence-electron chi connectivity index (χ0n) is 12.8. The summed E-state index contributed by atoms with van der Waals surface area (Å²) < 4.78 is 39.2. The Morgan fingerprint density at radius 3 is 2.17 bits per heavy atom. The Morgan fingerprint density at radius 1 is 1.08 bits per heavy atom. The van der Waals surface area contributed by atoms with Gasteiger partial charge in [-0.15, -0.1) is 0 Å². The lowest BCUT2D eigenvalue weighted by Crippen LogP contribution is -2.47. The van der Waals surface area contributed by atoms with Crippen molar-refractivity contribution in [3.63, 3.8) is 0 Å². The second-order valence-electron chi connectivity index (χ2n) is 6.52. The number of rotatable bonds is 1. The van der Waals surface area contributed by atoms with Crippen LogP contribution in [-0.2, 0) is 15.8 Å². The van der Waals surface area contributed by atoms with E-state index >= 15 is 0 Å². The zero-order valence-corrected chi connectivity index (χ0v) is 12.8. The predicted octanol–water partition coefficient (Wildman–Crippen LogP) is 3.79. The Morgan fingerprint density at radius 2 is 1.67 bits per heavy atom. The summed E-state index contributed by atoms with van der Waals surface area (Å²) in [5.74, 6) is -0.933. The Labute approximate surface area is 136 Å². The summed E-state index contributed by atoms with van der Waals surface area (Å²) in [6, 6.07) is 4.41. The third-order valence-electron chi connectivity index (χ3n) is 4.90. The molecule has 1 aromatic rings. The van der Waals surface area contributed by atoms with Gasteiger partial charge in [0.2, 0.25) is 11.8 Å². The van der Waals surface area contributed by atoms with Crippen LogP contribution >= 0.6 is 0 Å². The zero-order chi connectivity index (χ0) is 17.5. The maximum Gasteiger partial charge on any atom is 0.417 e. The first-order valence-corrected chi connectivity index (χ1v) is 7.73. The van der Waals surface area contributed by atoms with Crippen LogP contribution in [0.1, 0.15) is 49.7 Å². The third-order valence-corrected chi connectivity index (χ3v) is 4.90. The van der Waals surface area contributed by atoms with Crippen molar-refractivity contribution in [1.29, 1.82) is 5.26 Å². The molecule has 1 spiro atoms. The Hall–Kier alpha value is -2.36. The van der Waals surface area contributed by atoms with Crippen molar-refractivity contribution < 1.29 is 22.8 Å². The molecule has 7 heteroatoms. The SMILES string of the molecule is N#Cc1ccc(N2C(=O)CC3(CCCC3)CC2=O)cc1C(F)(F)F. The van der Waals surface area contributed by atoms with Crippen molar-refractivity contribution >= 4 is 17.5 Å². The minimum absolute atomic E-state index is 0.121. The first-order valence-electron chi connectivity index (χ1n) is 7.73. The van der Waals surface area contributed by atoms with E-state index in [-0.39, 0.29) is 23.9 Å². The minimum atomic E-state index is -4.73. The van der Waals surface area contributed by atoms with Crippen LogP contribution in [-0.4, -0.2) is 11.8 Å². The number of carbonyl (C=O) groups is 2. The lowest BCUT2D eigenvalue weighted by Gasteiger charge is -2.37. The molecule has 0 radical (unpaired) electrons. The van der Waals surface area contributed by atoms with Crippen LogP contribution in [0.3, 0.4) is 0 Å². The fraction of sp³-hybridized carbons (Fsp3) is 0.471. The standard InChI is InChI=1S/C17H15F3N2O2/c18-17(19,20)13-7-12(4-3-11(13)10-21)22-14(23)8-16(9-15(22)24)5-1-2-6-16/h3-4,7H,1-2,5-6,8-9H2. The van der Waals surface area contributed by atoms with Crippen LogP contribution in [0.4, 0.5) is 18.9 Å². The van der Waals surface area contributed by atoms with Gasteiger partial charge in [0, 0.05) is 12.8 Å². The van der Waals surface area contributed by atoms with E-state index in [4.69, 9.17) is 5.26 Å². The Balaban J connectivity index is 1.96. The van der Waals surface area contributed by atoms with Crippen molar-refractivity contribution in [3.05, 3.63) is 29.3 Å². The molecule has 2 amide bonds. The average Bonchev–Trinajstić information content (AvgIpc) is 2.93. The maximum absolute atomic E-state index is 13.1. The molecule has 1 heterocycles. The van der Waals surface area contributed by atoms with Gasteiger partial charge in [0.1, 0.15) is 0 Å². The Bertz CT molecular complexity index is 723. The number of nitriles is 1. The Kier molecular flexibility index (Phi) is 3.86. The highest BCUT2D eigenvalue weighted by Crippen LogP contribution is 2.47. The summed E-state index contributed by atoms with van der Waals surface area (Å²) in [6.07, 6.45) is -0.819. The van der Waals surface area contributed by atoms with Gasteiger partial charge >= 0.3 is 6.18 Å². The van der Waals surface area contributed by atoms with Crippen molar-refractivity contribution in [2.24, 2.45) is 5.41 Å². The molecule has 2 aliphatic rings. The molecular formula is C17H15F3N2O2. The molecule has 1 saturated heterocycles. The maximum atomic E-state index is 13.1. The molecule has 24 heavy (non-hydrogen) atoms. The molecule has 4 nitrogen and oxygen atoms in total. The van der Waals surface area contributed by atoms with Crippen LogP contribution in [0, 0.1) is 16.7 Å². The normalized spacial score (nSPS) is 20.5. The number of nitrogens with zero attached hydrogens (tertiary/aromatic N) is 2. The minimum Gasteiger partial charge on any atom is -0.274 e. The summed E-state index contributed by atoms with van der Waals surface area (Å²) in [5.41, 5.74) is -2.10. The fourth-order valence-corrected chi connectivity index (χ4v) is 3.77. The number of hydrogen-bond acceptors (Lipinski definition) is 3. The first kappa shape index (κ1) is 16.5.